The van der Waals surface area contributed by atoms with Gasteiger partial charge in [0.05, 0.1) is 12.0 Å². The molecule has 3 heteroatoms. The number of benzene rings is 1. The van der Waals surface area contributed by atoms with E-state index in [0.29, 0.717) is 0 Å². The average Bonchev–Trinajstić information content (AvgIpc) is 2.47. The Bertz CT molecular complexity index is 498. The molecule has 1 aliphatic rings. The van der Waals surface area contributed by atoms with E-state index in [0.717, 1.165) is 32.4 Å². The number of nitrogens with zero attached hydrogens (tertiary/aromatic N) is 1. The third kappa shape index (κ3) is 4.07. The topological polar surface area (TPSA) is 32.3 Å². The Labute approximate surface area is 128 Å². The summed E-state index contributed by atoms with van der Waals surface area (Å²) in [5, 5.41) is 3.25. The summed E-state index contributed by atoms with van der Waals surface area (Å²) < 4.78 is 0. The zero-order valence-electron chi connectivity index (χ0n) is 13.8. The summed E-state index contributed by atoms with van der Waals surface area (Å²) in [5.74, 6) is 0.357. The first-order valence-corrected chi connectivity index (χ1v) is 8.07. The van der Waals surface area contributed by atoms with Gasteiger partial charge in [-0.05, 0) is 63.4 Å². The van der Waals surface area contributed by atoms with E-state index in [4.69, 9.17) is 0 Å². The first-order valence-electron chi connectivity index (χ1n) is 8.07. The number of hydrogen-bond acceptors (Lipinski definition) is 2. The number of carbonyl (C=O) groups excluding carboxylic acids is 1. The van der Waals surface area contributed by atoms with Gasteiger partial charge in [-0.25, -0.2) is 0 Å². The molecule has 1 aliphatic heterocycles. The van der Waals surface area contributed by atoms with Crippen molar-refractivity contribution in [3.8, 4) is 0 Å². The molecule has 0 aromatic heterocycles. The maximum Gasteiger partial charge on any atom is 0.224 e. The molecular formula is C18H28N2O. The molecule has 1 saturated heterocycles. The third-order valence-electron chi connectivity index (χ3n) is 4.65. The Morgan fingerprint density at radius 1 is 1.38 bits per heavy atom. The van der Waals surface area contributed by atoms with Crippen LogP contribution < -0.4 is 5.32 Å². The van der Waals surface area contributed by atoms with Gasteiger partial charge in [-0.2, -0.15) is 0 Å². The van der Waals surface area contributed by atoms with Crippen LogP contribution in [-0.4, -0.2) is 30.9 Å². The van der Waals surface area contributed by atoms with Gasteiger partial charge in [0, 0.05) is 6.54 Å². The van der Waals surface area contributed by atoms with E-state index in [1.54, 1.807) is 0 Å². The quantitative estimate of drug-likeness (QED) is 0.922. The first-order chi connectivity index (χ1) is 10.0. The average molecular weight is 288 g/mol. The highest BCUT2D eigenvalue weighted by atomic mass is 16.2. The van der Waals surface area contributed by atoms with Crippen molar-refractivity contribution in [2.75, 3.05) is 20.1 Å². The minimum atomic E-state index is 0.129. The molecule has 0 spiro atoms. The Kier molecular flexibility index (Phi) is 5.40. The summed E-state index contributed by atoms with van der Waals surface area (Å²) in [5.41, 5.74) is 3.81. The van der Waals surface area contributed by atoms with Gasteiger partial charge in [0.2, 0.25) is 5.91 Å². The fourth-order valence-electron chi connectivity index (χ4n) is 3.07. The highest BCUT2D eigenvalue weighted by molar-refractivity contribution is 5.79. The maximum absolute atomic E-state index is 12.5. The second-order valence-corrected chi connectivity index (χ2v) is 6.41. The van der Waals surface area contributed by atoms with Crippen LogP contribution in [0.15, 0.2) is 18.2 Å². The highest BCUT2D eigenvalue weighted by Crippen LogP contribution is 2.22. The van der Waals surface area contributed by atoms with Crippen LogP contribution >= 0.6 is 0 Å². The number of aryl methyl sites for hydroxylation is 2. The van der Waals surface area contributed by atoms with Gasteiger partial charge in [-0.1, -0.05) is 25.1 Å². The normalized spacial score (nSPS) is 21.0. The molecular weight excluding hydrogens is 260 g/mol. The molecule has 3 nitrogen and oxygen atoms in total. The molecule has 0 radical (unpaired) electrons. The van der Waals surface area contributed by atoms with E-state index >= 15 is 0 Å². The molecule has 1 N–H and O–H groups in total. The number of hydrogen-bond donors (Lipinski definition) is 1. The maximum atomic E-state index is 12.5. The van der Waals surface area contributed by atoms with E-state index in [-0.39, 0.29) is 17.9 Å². The Hall–Kier alpha value is -1.35. The third-order valence-corrected chi connectivity index (χ3v) is 4.65. The van der Waals surface area contributed by atoms with Gasteiger partial charge in [-0.3, -0.25) is 4.79 Å². The van der Waals surface area contributed by atoms with Gasteiger partial charge in [0.25, 0.3) is 0 Å². The largest absolute Gasteiger partial charge is 0.349 e. The lowest BCUT2D eigenvalue weighted by molar-refractivity contribution is -0.127. The number of nitrogens with one attached hydrogen (secondary N) is 1. The van der Waals surface area contributed by atoms with Gasteiger partial charge in [0.15, 0.2) is 0 Å². The number of piperidine rings is 1. The number of amides is 1. The van der Waals surface area contributed by atoms with Crippen molar-refractivity contribution in [3.05, 3.63) is 34.9 Å². The summed E-state index contributed by atoms with van der Waals surface area (Å²) >= 11 is 0. The summed E-state index contributed by atoms with van der Waals surface area (Å²) in [4.78, 5) is 14.8. The summed E-state index contributed by atoms with van der Waals surface area (Å²) in [6.45, 7) is 8.38. The van der Waals surface area contributed by atoms with E-state index in [1.807, 2.05) is 0 Å². The fraction of sp³-hybridized carbons (Fsp3) is 0.611. The molecule has 116 valence electrons. The van der Waals surface area contributed by atoms with Crippen molar-refractivity contribution in [2.24, 2.45) is 5.92 Å². The van der Waals surface area contributed by atoms with Gasteiger partial charge >= 0.3 is 0 Å². The van der Waals surface area contributed by atoms with Crippen LogP contribution in [0.25, 0.3) is 0 Å². The van der Waals surface area contributed by atoms with Crippen molar-refractivity contribution in [3.63, 3.8) is 0 Å². The van der Waals surface area contributed by atoms with Crippen molar-refractivity contribution >= 4 is 5.91 Å². The lowest BCUT2D eigenvalue weighted by Crippen LogP contribution is -2.42. The molecule has 0 aliphatic carbocycles. The van der Waals surface area contributed by atoms with Crippen LogP contribution in [0.4, 0.5) is 0 Å². The summed E-state index contributed by atoms with van der Waals surface area (Å²) in [7, 11) is 2.10. The lowest BCUT2D eigenvalue weighted by atomic mass is 9.95. The molecule has 1 aromatic rings. The summed E-state index contributed by atoms with van der Waals surface area (Å²) in [6.07, 6.45) is 3.06. The first kappa shape index (κ1) is 16.0. The van der Waals surface area contributed by atoms with Crippen molar-refractivity contribution in [1.29, 1.82) is 0 Å². The predicted octanol–water partition coefficient (Wildman–Crippen LogP) is 3.21. The molecule has 1 heterocycles. The zero-order chi connectivity index (χ0) is 15.4. The minimum Gasteiger partial charge on any atom is -0.349 e. The van der Waals surface area contributed by atoms with Gasteiger partial charge < -0.3 is 10.2 Å². The molecule has 1 aromatic carbocycles. The second-order valence-electron chi connectivity index (χ2n) is 6.41. The molecule has 0 saturated carbocycles. The fourth-order valence-corrected chi connectivity index (χ4v) is 3.07. The minimum absolute atomic E-state index is 0.129. The van der Waals surface area contributed by atoms with Crippen molar-refractivity contribution in [1.82, 2.24) is 10.2 Å². The SMILES string of the molecule is CCC(NC(=O)C1CCCN(C)C1)c1ccc(C)c(C)c1. The second kappa shape index (κ2) is 7.08. The highest BCUT2D eigenvalue weighted by Gasteiger charge is 2.25. The van der Waals surface area contributed by atoms with Crippen LogP contribution in [0.5, 0.6) is 0 Å². The molecule has 1 amide bonds. The van der Waals surface area contributed by atoms with E-state index in [9.17, 15) is 4.79 Å². The van der Waals surface area contributed by atoms with Crippen LogP contribution in [-0.2, 0) is 4.79 Å². The summed E-state index contributed by atoms with van der Waals surface area (Å²) in [6, 6.07) is 6.62. The monoisotopic (exact) mass is 288 g/mol. The Balaban J connectivity index is 2.04. The Morgan fingerprint density at radius 2 is 2.14 bits per heavy atom. The van der Waals surface area contributed by atoms with Crippen LogP contribution in [0.3, 0.4) is 0 Å². The van der Waals surface area contributed by atoms with Crippen LogP contribution in [0.2, 0.25) is 0 Å². The molecule has 2 unspecified atom stereocenters. The standard InChI is InChI=1S/C18H28N2O/c1-5-17(15-9-8-13(2)14(3)11-15)19-18(21)16-7-6-10-20(4)12-16/h8-9,11,16-17H,5-7,10,12H2,1-4H3,(H,19,21). The molecule has 0 bridgehead atoms. The zero-order valence-corrected chi connectivity index (χ0v) is 13.8. The molecule has 2 atom stereocenters. The number of likely N-dealkylation sites (tertiary alicyclic amines) is 1. The number of rotatable bonds is 4. The molecule has 2 rings (SSSR count). The smallest absolute Gasteiger partial charge is 0.224 e. The van der Waals surface area contributed by atoms with E-state index < -0.39 is 0 Å². The van der Waals surface area contributed by atoms with Crippen molar-refractivity contribution in [2.45, 2.75) is 46.1 Å². The van der Waals surface area contributed by atoms with Gasteiger partial charge in [0.1, 0.15) is 0 Å². The van der Waals surface area contributed by atoms with E-state index in [2.05, 4.69) is 56.2 Å². The van der Waals surface area contributed by atoms with Crippen molar-refractivity contribution < 1.29 is 4.79 Å². The molecule has 1 fully saturated rings. The predicted molar refractivity (Wildman–Crippen MR) is 87.3 cm³/mol. The lowest BCUT2D eigenvalue weighted by Gasteiger charge is -2.30. The molecule has 21 heavy (non-hydrogen) atoms. The van der Waals surface area contributed by atoms with Crippen LogP contribution in [0, 0.1) is 19.8 Å². The van der Waals surface area contributed by atoms with E-state index in [1.165, 1.54) is 16.7 Å². The Morgan fingerprint density at radius 3 is 2.76 bits per heavy atom. The van der Waals surface area contributed by atoms with Crippen LogP contribution in [0.1, 0.15) is 48.9 Å². The number of carbonyl (C=O) groups is 1. The van der Waals surface area contributed by atoms with Gasteiger partial charge in [-0.15, -0.1) is 0 Å².